The van der Waals surface area contributed by atoms with Gasteiger partial charge in [-0.05, 0) is 73.8 Å². The maximum atomic E-state index is 14.0. The van der Waals surface area contributed by atoms with Crippen LogP contribution in [0.2, 0.25) is 0 Å². The molecule has 0 saturated carbocycles. The van der Waals surface area contributed by atoms with Gasteiger partial charge in [-0.1, -0.05) is 105 Å². The van der Waals surface area contributed by atoms with Gasteiger partial charge in [-0.15, -0.1) is 6.58 Å². The summed E-state index contributed by atoms with van der Waals surface area (Å²) in [7, 11) is 0. The molecular weight excluding hydrogens is 610 g/mol. The van der Waals surface area contributed by atoms with Crippen molar-refractivity contribution in [3.05, 3.63) is 119 Å². The monoisotopic (exact) mass is 661 g/mol. The van der Waals surface area contributed by atoms with E-state index >= 15 is 0 Å². The number of furan rings is 1. The maximum Gasteiger partial charge on any atom is 0.342 e. The predicted octanol–water partition coefficient (Wildman–Crippen LogP) is 8.88. The molecule has 2 N–H and O–H groups in total. The quantitative estimate of drug-likeness (QED) is 0.0454. The van der Waals surface area contributed by atoms with Crippen LogP contribution in [-0.4, -0.2) is 36.2 Å². The fourth-order valence-corrected chi connectivity index (χ4v) is 5.95. The number of carbonyl (C=O) groups is 2. The second-order valence-corrected chi connectivity index (χ2v) is 12.6. The van der Waals surface area contributed by atoms with Crippen molar-refractivity contribution in [2.75, 3.05) is 13.2 Å². The molecule has 4 rings (SSSR count). The molecule has 49 heavy (non-hydrogen) atoms. The van der Waals surface area contributed by atoms with Gasteiger partial charge in [0.2, 0.25) is 5.91 Å². The lowest BCUT2D eigenvalue weighted by molar-refractivity contribution is -0.123. The number of allylic oxidation sites excluding steroid dienone is 1. The minimum atomic E-state index is -0.545. The average Bonchev–Trinajstić information content (AvgIpc) is 3.50. The van der Waals surface area contributed by atoms with Gasteiger partial charge < -0.3 is 19.6 Å². The first-order valence-electron chi connectivity index (χ1n) is 17.8. The second kappa shape index (κ2) is 20.0. The molecule has 3 aromatic carbocycles. The molecule has 4 aromatic rings. The molecule has 258 valence electrons. The Kier molecular flexibility index (Phi) is 15.2. The van der Waals surface area contributed by atoms with Crippen molar-refractivity contribution < 1.29 is 23.8 Å². The Bertz CT molecular complexity index is 1700. The van der Waals surface area contributed by atoms with Gasteiger partial charge in [-0.2, -0.15) is 0 Å². The molecular formula is C43H51NO5. The number of aliphatic hydroxyl groups excluding tert-OH is 1. The lowest BCUT2D eigenvalue weighted by Crippen LogP contribution is -2.42. The van der Waals surface area contributed by atoms with E-state index in [4.69, 9.17) is 9.15 Å². The lowest BCUT2D eigenvalue weighted by atomic mass is 9.89. The van der Waals surface area contributed by atoms with Crippen LogP contribution in [0, 0.1) is 11.8 Å². The highest BCUT2D eigenvalue weighted by Crippen LogP contribution is 2.34. The first kappa shape index (κ1) is 37.2. The lowest BCUT2D eigenvalue weighted by Gasteiger charge is -2.22. The van der Waals surface area contributed by atoms with Crippen LogP contribution in [0.5, 0.6) is 0 Å². The number of aliphatic hydroxyl groups is 1. The average molecular weight is 662 g/mol. The summed E-state index contributed by atoms with van der Waals surface area (Å²) in [5.74, 6) is 6.14. The van der Waals surface area contributed by atoms with Crippen LogP contribution in [0.4, 0.5) is 0 Å². The normalized spacial score (nSPS) is 12.1. The highest BCUT2D eigenvalue weighted by atomic mass is 16.5. The van der Waals surface area contributed by atoms with E-state index in [1.54, 1.807) is 0 Å². The third kappa shape index (κ3) is 11.0. The molecule has 0 fully saturated rings. The summed E-state index contributed by atoms with van der Waals surface area (Å²) in [4.78, 5) is 27.7. The number of rotatable bonds is 19. The van der Waals surface area contributed by atoms with Crippen molar-refractivity contribution in [2.24, 2.45) is 0 Å². The molecule has 1 aromatic heterocycles. The van der Waals surface area contributed by atoms with E-state index in [-0.39, 0.29) is 12.5 Å². The number of hydrogen-bond acceptors (Lipinski definition) is 5. The Morgan fingerprint density at radius 2 is 1.67 bits per heavy atom. The van der Waals surface area contributed by atoms with Gasteiger partial charge in [0, 0.05) is 18.2 Å². The zero-order valence-electron chi connectivity index (χ0n) is 29.1. The van der Waals surface area contributed by atoms with Gasteiger partial charge >= 0.3 is 5.97 Å². The van der Waals surface area contributed by atoms with Gasteiger partial charge in [0.25, 0.3) is 0 Å². The molecule has 0 bridgehead atoms. The number of amides is 1. The third-order valence-electron chi connectivity index (χ3n) is 8.65. The number of nitrogens with one attached hydrogen (secondary N) is 1. The molecule has 0 aliphatic rings. The highest BCUT2D eigenvalue weighted by molar-refractivity contribution is 6.06. The molecule has 0 aliphatic heterocycles. The summed E-state index contributed by atoms with van der Waals surface area (Å²) in [6.07, 6.45) is 10.5. The maximum absolute atomic E-state index is 14.0. The Labute approximate surface area is 292 Å². The SMILES string of the molecule is C=CCCCCOC(=O)c1c(CCCC)oc2c(C#CCCCC)cc(CC(C(=O)N[C@@H](CO)Cc3ccccc3)c3ccccc3)cc12. The second-order valence-electron chi connectivity index (χ2n) is 12.6. The van der Waals surface area contributed by atoms with Crippen molar-refractivity contribution in [2.45, 2.75) is 96.4 Å². The number of benzene rings is 3. The van der Waals surface area contributed by atoms with Gasteiger partial charge in [-0.25, -0.2) is 4.79 Å². The molecule has 0 spiro atoms. The van der Waals surface area contributed by atoms with Crippen LogP contribution < -0.4 is 5.32 Å². The van der Waals surface area contributed by atoms with Crippen LogP contribution in [0.3, 0.4) is 0 Å². The number of ether oxygens (including phenoxy) is 1. The van der Waals surface area contributed by atoms with Crippen molar-refractivity contribution >= 4 is 22.8 Å². The van der Waals surface area contributed by atoms with Gasteiger partial charge in [0.05, 0.1) is 30.7 Å². The molecule has 1 heterocycles. The standard InChI is InChI=1S/C43H51NO5/c1-4-7-10-16-24-35-27-33(30-38-40(39(25-9-6-3)49-41(35)38)43(47)48-26-19-11-8-5-2)29-37(34-22-17-13-18-23-34)42(46)44-36(31-45)28-32-20-14-12-15-21-32/h5,12-15,17-18,20-23,27,30,36-37,45H,2,4,6-11,19,25-26,28-29,31H2,1,3H3,(H,44,46)/t36-,37?/m1/s1. The highest BCUT2D eigenvalue weighted by Gasteiger charge is 2.27. The van der Waals surface area contributed by atoms with E-state index in [0.29, 0.717) is 53.7 Å². The number of unbranched alkanes of at least 4 members (excludes halogenated alkanes) is 5. The number of esters is 1. The third-order valence-corrected chi connectivity index (χ3v) is 8.65. The topological polar surface area (TPSA) is 88.8 Å². The number of aryl methyl sites for hydroxylation is 1. The van der Waals surface area contributed by atoms with Gasteiger partial charge in [-0.3, -0.25) is 4.79 Å². The molecule has 6 heteroatoms. The molecule has 1 unspecified atom stereocenters. The van der Waals surface area contributed by atoms with Crippen molar-refractivity contribution in [1.29, 1.82) is 0 Å². The minimum Gasteiger partial charge on any atom is -0.462 e. The summed E-state index contributed by atoms with van der Waals surface area (Å²) in [6.45, 7) is 8.16. The summed E-state index contributed by atoms with van der Waals surface area (Å²) >= 11 is 0. The largest absolute Gasteiger partial charge is 0.462 e. The Morgan fingerprint density at radius 1 is 0.939 bits per heavy atom. The molecule has 0 radical (unpaired) electrons. The summed E-state index contributed by atoms with van der Waals surface area (Å²) in [5, 5.41) is 14.0. The number of fused-ring (bicyclic) bond motifs is 1. The fraction of sp³-hybridized carbons (Fsp3) is 0.395. The van der Waals surface area contributed by atoms with E-state index < -0.39 is 17.9 Å². The van der Waals surface area contributed by atoms with E-state index in [1.807, 2.05) is 78.9 Å². The number of carbonyl (C=O) groups excluding carboxylic acids is 2. The Morgan fingerprint density at radius 3 is 2.37 bits per heavy atom. The van der Waals surface area contributed by atoms with Crippen LogP contribution in [0.1, 0.15) is 110 Å². The van der Waals surface area contributed by atoms with Crippen molar-refractivity contribution in [1.82, 2.24) is 5.32 Å². The van der Waals surface area contributed by atoms with Crippen LogP contribution in [-0.2, 0) is 28.8 Å². The summed E-state index contributed by atoms with van der Waals surface area (Å²) < 4.78 is 12.2. The summed E-state index contributed by atoms with van der Waals surface area (Å²) in [5.41, 5.74) is 4.51. The molecule has 0 aliphatic carbocycles. The Balaban J connectivity index is 1.74. The first-order valence-corrected chi connectivity index (χ1v) is 17.8. The smallest absolute Gasteiger partial charge is 0.342 e. The van der Waals surface area contributed by atoms with E-state index in [1.165, 1.54) is 0 Å². The van der Waals surface area contributed by atoms with E-state index in [0.717, 1.165) is 68.1 Å². The van der Waals surface area contributed by atoms with Crippen molar-refractivity contribution in [3.8, 4) is 11.8 Å². The Hall–Kier alpha value is -4.60. The van der Waals surface area contributed by atoms with E-state index in [2.05, 4.69) is 37.6 Å². The summed E-state index contributed by atoms with van der Waals surface area (Å²) in [6, 6.07) is 23.1. The first-order chi connectivity index (χ1) is 24.0. The minimum absolute atomic E-state index is 0.174. The molecule has 2 atom stereocenters. The van der Waals surface area contributed by atoms with Crippen LogP contribution >= 0.6 is 0 Å². The van der Waals surface area contributed by atoms with Gasteiger partial charge in [0.15, 0.2) is 5.58 Å². The molecule has 1 amide bonds. The number of hydrogen-bond donors (Lipinski definition) is 2. The predicted molar refractivity (Wildman–Crippen MR) is 198 cm³/mol. The van der Waals surface area contributed by atoms with E-state index in [9.17, 15) is 14.7 Å². The zero-order chi connectivity index (χ0) is 34.8. The molecule has 6 nitrogen and oxygen atoms in total. The van der Waals surface area contributed by atoms with Crippen LogP contribution in [0.25, 0.3) is 11.0 Å². The fourth-order valence-electron chi connectivity index (χ4n) is 5.95. The van der Waals surface area contributed by atoms with Crippen molar-refractivity contribution in [3.63, 3.8) is 0 Å². The van der Waals surface area contributed by atoms with Gasteiger partial charge in [0.1, 0.15) is 11.3 Å². The zero-order valence-corrected chi connectivity index (χ0v) is 29.1. The molecule has 0 saturated heterocycles. The van der Waals surface area contributed by atoms with Crippen LogP contribution in [0.15, 0.2) is 89.9 Å².